The Hall–Kier alpha value is -2.04. The van der Waals surface area contributed by atoms with Crippen molar-refractivity contribution in [2.75, 3.05) is 13.7 Å². The largest absolute Gasteiger partial charge is 0.462 e. The van der Waals surface area contributed by atoms with Gasteiger partial charge in [0.25, 0.3) is 0 Å². The van der Waals surface area contributed by atoms with Crippen LogP contribution < -0.4 is 11.1 Å². The highest BCUT2D eigenvalue weighted by Crippen LogP contribution is 2.05. The molecule has 0 fully saturated rings. The van der Waals surface area contributed by atoms with Crippen molar-refractivity contribution in [1.29, 1.82) is 0 Å². The lowest BCUT2D eigenvalue weighted by molar-refractivity contribution is 0.0526. The third-order valence-corrected chi connectivity index (χ3v) is 2.18. The second kappa shape index (κ2) is 6.52. The van der Waals surface area contributed by atoms with E-state index in [-0.39, 0.29) is 5.97 Å². The number of carbonyl (C=O) groups is 1. The summed E-state index contributed by atoms with van der Waals surface area (Å²) in [6.45, 7) is 2.74. The summed E-state index contributed by atoms with van der Waals surface area (Å²) in [5.41, 5.74) is 7.07. The predicted octanol–water partition coefficient (Wildman–Crippen LogP) is 0.897. The van der Waals surface area contributed by atoms with Gasteiger partial charge in [0.15, 0.2) is 5.96 Å². The van der Waals surface area contributed by atoms with Crippen LogP contribution in [0.1, 0.15) is 22.8 Å². The number of esters is 1. The van der Waals surface area contributed by atoms with E-state index >= 15 is 0 Å². The molecule has 0 spiro atoms. The van der Waals surface area contributed by atoms with Gasteiger partial charge in [-0.1, -0.05) is 12.1 Å². The first kappa shape index (κ1) is 13.0. The molecule has 0 bridgehead atoms. The number of benzene rings is 1. The van der Waals surface area contributed by atoms with Crippen LogP contribution in [-0.2, 0) is 11.3 Å². The zero-order chi connectivity index (χ0) is 12.7. The summed E-state index contributed by atoms with van der Waals surface area (Å²) in [7, 11) is 1.62. The molecular formula is C12H17N3O2. The Morgan fingerprint density at radius 2 is 2.06 bits per heavy atom. The third kappa shape index (κ3) is 4.14. The van der Waals surface area contributed by atoms with Gasteiger partial charge in [-0.15, -0.1) is 0 Å². The van der Waals surface area contributed by atoms with E-state index in [2.05, 4.69) is 10.3 Å². The van der Waals surface area contributed by atoms with Crippen molar-refractivity contribution in [3.63, 3.8) is 0 Å². The number of aliphatic imine (C=N–C) groups is 1. The zero-order valence-electron chi connectivity index (χ0n) is 10.1. The number of ether oxygens (including phenoxy) is 1. The van der Waals surface area contributed by atoms with Gasteiger partial charge in [-0.25, -0.2) is 4.79 Å². The van der Waals surface area contributed by atoms with Gasteiger partial charge in [-0.3, -0.25) is 4.99 Å². The molecule has 5 heteroatoms. The minimum absolute atomic E-state index is 0.304. The maximum Gasteiger partial charge on any atom is 0.338 e. The Balaban J connectivity index is 2.59. The summed E-state index contributed by atoms with van der Waals surface area (Å²) in [5, 5.41) is 2.93. The first-order valence-corrected chi connectivity index (χ1v) is 5.39. The number of carbonyl (C=O) groups excluding carboxylic acids is 1. The smallest absolute Gasteiger partial charge is 0.338 e. The van der Waals surface area contributed by atoms with Gasteiger partial charge in [0.05, 0.1) is 12.2 Å². The first-order chi connectivity index (χ1) is 8.17. The molecule has 0 atom stereocenters. The van der Waals surface area contributed by atoms with Gasteiger partial charge in [-0.05, 0) is 24.6 Å². The lowest BCUT2D eigenvalue weighted by atomic mass is 10.1. The molecule has 1 aromatic rings. The van der Waals surface area contributed by atoms with Crippen molar-refractivity contribution in [2.24, 2.45) is 10.7 Å². The van der Waals surface area contributed by atoms with E-state index in [1.807, 2.05) is 12.1 Å². The summed E-state index contributed by atoms with van der Waals surface area (Å²) >= 11 is 0. The molecule has 0 aliphatic carbocycles. The van der Waals surface area contributed by atoms with Crippen LogP contribution in [0, 0.1) is 0 Å². The highest BCUT2D eigenvalue weighted by Gasteiger charge is 2.05. The molecule has 3 N–H and O–H groups in total. The fourth-order valence-corrected chi connectivity index (χ4v) is 1.24. The van der Waals surface area contributed by atoms with E-state index in [1.54, 1.807) is 26.1 Å². The Kier molecular flexibility index (Phi) is 5.00. The summed E-state index contributed by atoms with van der Waals surface area (Å²) in [5.74, 6) is 0.0844. The van der Waals surface area contributed by atoms with E-state index < -0.39 is 0 Å². The molecule has 1 rings (SSSR count). The average Bonchev–Trinajstić information content (AvgIpc) is 2.36. The SMILES string of the molecule is CCOC(=O)c1ccc(CNC(N)=NC)cc1. The lowest BCUT2D eigenvalue weighted by Crippen LogP contribution is -2.30. The van der Waals surface area contributed by atoms with E-state index in [9.17, 15) is 4.79 Å². The van der Waals surface area contributed by atoms with E-state index in [0.717, 1.165) is 5.56 Å². The molecule has 0 aromatic heterocycles. The summed E-state index contributed by atoms with van der Waals surface area (Å²) in [4.78, 5) is 15.2. The average molecular weight is 235 g/mol. The van der Waals surface area contributed by atoms with Crippen LogP contribution in [0.15, 0.2) is 29.3 Å². The highest BCUT2D eigenvalue weighted by atomic mass is 16.5. The summed E-state index contributed by atoms with van der Waals surface area (Å²) < 4.78 is 4.89. The van der Waals surface area contributed by atoms with Crippen LogP contribution in [-0.4, -0.2) is 25.6 Å². The van der Waals surface area contributed by atoms with Gasteiger partial charge in [0.1, 0.15) is 0 Å². The monoisotopic (exact) mass is 235 g/mol. The molecule has 0 saturated heterocycles. The first-order valence-electron chi connectivity index (χ1n) is 5.39. The number of nitrogens with zero attached hydrogens (tertiary/aromatic N) is 1. The van der Waals surface area contributed by atoms with Gasteiger partial charge in [-0.2, -0.15) is 0 Å². The molecule has 0 aliphatic rings. The quantitative estimate of drug-likeness (QED) is 0.462. The van der Waals surface area contributed by atoms with Crippen molar-refractivity contribution < 1.29 is 9.53 Å². The molecule has 1 aromatic carbocycles. The number of guanidine groups is 1. The van der Waals surface area contributed by atoms with Crippen LogP contribution in [0.2, 0.25) is 0 Å². The molecule has 17 heavy (non-hydrogen) atoms. The zero-order valence-corrected chi connectivity index (χ0v) is 10.1. The normalized spacial score (nSPS) is 11.1. The second-order valence-electron chi connectivity index (χ2n) is 3.38. The Bertz CT molecular complexity index is 399. The Labute approximate surface area is 101 Å². The Morgan fingerprint density at radius 1 is 1.41 bits per heavy atom. The number of hydrogen-bond acceptors (Lipinski definition) is 3. The number of rotatable bonds is 4. The molecule has 0 amide bonds. The molecule has 0 aliphatic heterocycles. The van der Waals surface area contributed by atoms with Crippen molar-refractivity contribution >= 4 is 11.9 Å². The highest BCUT2D eigenvalue weighted by molar-refractivity contribution is 5.89. The van der Waals surface area contributed by atoms with Crippen LogP contribution >= 0.6 is 0 Å². The lowest BCUT2D eigenvalue weighted by Gasteiger charge is -2.06. The van der Waals surface area contributed by atoms with Gasteiger partial charge >= 0.3 is 5.97 Å². The van der Waals surface area contributed by atoms with Gasteiger partial charge < -0.3 is 15.8 Å². The van der Waals surface area contributed by atoms with Crippen LogP contribution in [0.4, 0.5) is 0 Å². The standard InChI is InChI=1S/C12H17N3O2/c1-3-17-11(16)10-6-4-9(5-7-10)8-15-12(13)14-2/h4-7H,3,8H2,1-2H3,(H3,13,14,15). The van der Waals surface area contributed by atoms with Gasteiger partial charge in [0, 0.05) is 13.6 Å². The number of nitrogens with one attached hydrogen (secondary N) is 1. The molecule has 0 heterocycles. The second-order valence-corrected chi connectivity index (χ2v) is 3.38. The fraction of sp³-hybridized carbons (Fsp3) is 0.333. The minimum atomic E-state index is -0.304. The molecule has 0 unspecified atom stereocenters. The van der Waals surface area contributed by atoms with Crippen LogP contribution in [0.25, 0.3) is 0 Å². The maximum atomic E-state index is 11.4. The molecule has 5 nitrogen and oxygen atoms in total. The van der Waals surface area contributed by atoms with Crippen molar-refractivity contribution in [3.05, 3.63) is 35.4 Å². The summed E-state index contributed by atoms with van der Waals surface area (Å²) in [6, 6.07) is 7.16. The van der Waals surface area contributed by atoms with E-state index in [4.69, 9.17) is 10.5 Å². The number of nitrogens with two attached hydrogens (primary N) is 1. The predicted molar refractivity (Wildman–Crippen MR) is 66.8 cm³/mol. The third-order valence-electron chi connectivity index (χ3n) is 2.18. The van der Waals surface area contributed by atoms with E-state index in [1.165, 1.54) is 0 Å². The van der Waals surface area contributed by atoms with Crippen molar-refractivity contribution in [2.45, 2.75) is 13.5 Å². The van der Waals surface area contributed by atoms with Gasteiger partial charge in [0.2, 0.25) is 0 Å². The van der Waals surface area contributed by atoms with Crippen LogP contribution in [0.5, 0.6) is 0 Å². The summed E-state index contributed by atoms with van der Waals surface area (Å²) in [6.07, 6.45) is 0. The van der Waals surface area contributed by atoms with Crippen LogP contribution in [0.3, 0.4) is 0 Å². The van der Waals surface area contributed by atoms with Crippen molar-refractivity contribution in [1.82, 2.24) is 5.32 Å². The molecule has 92 valence electrons. The van der Waals surface area contributed by atoms with E-state index in [0.29, 0.717) is 24.7 Å². The molecule has 0 saturated carbocycles. The Morgan fingerprint density at radius 3 is 2.59 bits per heavy atom. The van der Waals surface area contributed by atoms with Crippen molar-refractivity contribution in [3.8, 4) is 0 Å². The minimum Gasteiger partial charge on any atom is -0.462 e. The molecular weight excluding hydrogens is 218 g/mol. The molecule has 0 radical (unpaired) electrons. The topological polar surface area (TPSA) is 76.7 Å². The fourth-order valence-electron chi connectivity index (χ4n) is 1.24. The number of hydrogen-bond donors (Lipinski definition) is 2. The maximum absolute atomic E-state index is 11.4.